The van der Waals surface area contributed by atoms with Gasteiger partial charge < -0.3 is 0 Å². The van der Waals surface area contributed by atoms with Gasteiger partial charge in [-0.05, 0) is 36.4 Å². The zero-order chi connectivity index (χ0) is 13.2. The molecule has 0 saturated heterocycles. The van der Waals surface area contributed by atoms with E-state index in [1.807, 2.05) is 0 Å². The topological polar surface area (TPSA) is 0 Å². The van der Waals surface area contributed by atoms with Crippen molar-refractivity contribution >= 4 is 10.9 Å². The zero-order valence-electron chi connectivity index (χ0n) is 9.12. The van der Waals surface area contributed by atoms with Gasteiger partial charge >= 0.3 is 5.51 Å². The SMILES string of the molecule is Fc1ccc([S+](c2ccccc2)C(F)(F)F)cc1. The molecule has 5 heteroatoms. The van der Waals surface area contributed by atoms with Crippen LogP contribution in [0.1, 0.15) is 0 Å². The minimum Gasteiger partial charge on any atom is -0.207 e. The summed E-state index contributed by atoms with van der Waals surface area (Å²) in [5.74, 6) is -0.544. The molecule has 94 valence electrons. The first kappa shape index (κ1) is 13.0. The summed E-state index contributed by atoms with van der Waals surface area (Å²) in [7, 11) is -2.04. The van der Waals surface area contributed by atoms with E-state index >= 15 is 0 Å². The minimum absolute atomic E-state index is 0.0649. The molecule has 0 heterocycles. The van der Waals surface area contributed by atoms with E-state index in [4.69, 9.17) is 0 Å². The van der Waals surface area contributed by atoms with E-state index in [9.17, 15) is 17.6 Å². The van der Waals surface area contributed by atoms with E-state index in [1.54, 1.807) is 18.2 Å². The van der Waals surface area contributed by atoms with E-state index in [2.05, 4.69) is 0 Å². The second-order valence-electron chi connectivity index (χ2n) is 3.52. The Labute approximate surface area is 105 Å². The second-order valence-corrected chi connectivity index (χ2v) is 5.54. The van der Waals surface area contributed by atoms with Gasteiger partial charge in [-0.25, -0.2) is 4.39 Å². The van der Waals surface area contributed by atoms with E-state index in [1.165, 1.54) is 24.3 Å². The van der Waals surface area contributed by atoms with Crippen LogP contribution in [0.3, 0.4) is 0 Å². The van der Waals surface area contributed by atoms with E-state index < -0.39 is 22.2 Å². The van der Waals surface area contributed by atoms with Gasteiger partial charge in [-0.1, -0.05) is 18.2 Å². The van der Waals surface area contributed by atoms with Gasteiger partial charge in [0.25, 0.3) is 0 Å². The van der Waals surface area contributed by atoms with Crippen molar-refractivity contribution in [1.82, 2.24) is 0 Å². The van der Waals surface area contributed by atoms with Gasteiger partial charge in [0.15, 0.2) is 20.7 Å². The Kier molecular flexibility index (Phi) is 3.61. The van der Waals surface area contributed by atoms with Crippen LogP contribution in [0.5, 0.6) is 0 Å². The molecule has 0 aliphatic carbocycles. The standard InChI is InChI=1S/C13H9F4S/c14-10-6-8-12(9-7-10)18(13(15,16)17)11-4-2-1-3-5-11/h1-9H/q+1. The van der Waals surface area contributed by atoms with Gasteiger partial charge in [0.05, 0.1) is 0 Å². The lowest BCUT2D eigenvalue weighted by Gasteiger charge is -2.09. The highest BCUT2D eigenvalue weighted by Crippen LogP contribution is 2.38. The molecule has 2 aromatic rings. The van der Waals surface area contributed by atoms with E-state index in [-0.39, 0.29) is 9.79 Å². The van der Waals surface area contributed by atoms with Crippen LogP contribution in [-0.2, 0) is 10.9 Å². The number of hydrogen-bond donors (Lipinski definition) is 0. The van der Waals surface area contributed by atoms with Crippen LogP contribution in [0.25, 0.3) is 0 Å². The van der Waals surface area contributed by atoms with Crippen molar-refractivity contribution in [2.45, 2.75) is 15.3 Å². The summed E-state index contributed by atoms with van der Waals surface area (Å²) in [6, 6.07) is 12.1. The predicted molar refractivity (Wildman–Crippen MR) is 62.8 cm³/mol. The lowest BCUT2D eigenvalue weighted by atomic mass is 10.3. The third-order valence-electron chi connectivity index (χ3n) is 2.26. The summed E-state index contributed by atoms with van der Waals surface area (Å²) in [4.78, 5) is 0.242. The molecule has 0 aliphatic heterocycles. The molecule has 18 heavy (non-hydrogen) atoms. The van der Waals surface area contributed by atoms with Crippen molar-refractivity contribution < 1.29 is 17.6 Å². The number of rotatable bonds is 2. The van der Waals surface area contributed by atoms with Gasteiger partial charge in [0, 0.05) is 0 Å². The van der Waals surface area contributed by atoms with Crippen LogP contribution in [-0.4, -0.2) is 5.51 Å². The lowest BCUT2D eigenvalue weighted by Crippen LogP contribution is -2.24. The number of alkyl halides is 3. The molecule has 0 spiro atoms. The quantitative estimate of drug-likeness (QED) is 0.562. The maximum atomic E-state index is 13.1. The Morgan fingerprint density at radius 2 is 1.22 bits per heavy atom. The summed E-state index contributed by atoms with van der Waals surface area (Å²) < 4.78 is 52.1. The maximum Gasteiger partial charge on any atom is 0.586 e. The summed E-state index contributed by atoms with van der Waals surface area (Å²) in [6.07, 6.45) is 0. The first-order valence-corrected chi connectivity index (χ1v) is 6.33. The molecule has 0 nitrogen and oxygen atoms in total. The first-order valence-electron chi connectivity index (χ1n) is 5.10. The highest BCUT2D eigenvalue weighted by atomic mass is 32.2. The predicted octanol–water partition coefficient (Wildman–Crippen LogP) is 4.38. The molecular formula is C13H9F4S+. The van der Waals surface area contributed by atoms with Crippen molar-refractivity contribution in [2.75, 3.05) is 0 Å². The molecule has 0 aromatic heterocycles. The maximum absolute atomic E-state index is 13.1. The molecule has 1 unspecified atom stereocenters. The van der Waals surface area contributed by atoms with Gasteiger partial charge in [0.2, 0.25) is 0 Å². The monoisotopic (exact) mass is 273 g/mol. The minimum atomic E-state index is -4.38. The highest BCUT2D eigenvalue weighted by Gasteiger charge is 2.54. The van der Waals surface area contributed by atoms with Crippen LogP contribution < -0.4 is 0 Å². The fourth-order valence-electron chi connectivity index (χ4n) is 1.53. The third kappa shape index (κ3) is 2.85. The van der Waals surface area contributed by atoms with Crippen LogP contribution in [0, 0.1) is 5.82 Å². The smallest absolute Gasteiger partial charge is 0.207 e. The van der Waals surface area contributed by atoms with E-state index in [0.29, 0.717) is 0 Å². The molecule has 0 bridgehead atoms. The van der Waals surface area contributed by atoms with Crippen LogP contribution in [0.2, 0.25) is 0 Å². The molecule has 0 radical (unpaired) electrons. The van der Waals surface area contributed by atoms with Gasteiger partial charge in [-0.3, -0.25) is 0 Å². The van der Waals surface area contributed by atoms with Crippen molar-refractivity contribution in [3.05, 3.63) is 60.4 Å². The van der Waals surface area contributed by atoms with Gasteiger partial charge in [-0.2, -0.15) is 0 Å². The molecule has 2 rings (SSSR count). The number of benzene rings is 2. The highest BCUT2D eigenvalue weighted by molar-refractivity contribution is 7.97. The molecule has 0 N–H and O–H groups in total. The van der Waals surface area contributed by atoms with Crippen molar-refractivity contribution in [1.29, 1.82) is 0 Å². The Morgan fingerprint density at radius 1 is 0.722 bits per heavy atom. The Morgan fingerprint density at radius 3 is 1.72 bits per heavy atom. The van der Waals surface area contributed by atoms with Gasteiger partial charge in [0.1, 0.15) is 5.82 Å². The van der Waals surface area contributed by atoms with Gasteiger partial charge in [-0.15, -0.1) is 13.2 Å². The van der Waals surface area contributed by atoms with Crippen molar-refractivity contribution in [3.63, 3.8) is 0 Å². The molecule has 2 aromatic carbocycles. The fourth-order valence-corrected chi connectivity index (χ4v) is 3.17. The fraction of sp³-hybridized carbons (Fsp3) is 0.0769. The molecule has 0 fully saturated rings. The van der Waals surface area contributed by atoms with Crippen LogP contribution >= 0.6 is 0 Å². The largest absolute Gasteiger partial charge is 0.586 e. The lowest BCUT2D eigenvalue weighted by molar-refractivity contribution is -0.0370. The summed E-state index contributed by atoms with van der Waals surface area (Å²) in [5.41, 5.74) is -4.38. The van der Waals surface area contributed by atoms with Crippen LogP contribution in [0.4, 0.5) is 17.6 Å². The number of halogens is 4. The summed E-state index contributed by atoms with van der Waals surface area (Å²) in [5, 5.41) is 0. The average Bonchev–Trinajstić information content (AvgIpc) is 2.32. The van der Waals surface area contributed by atoms with Crippen LogP contribution in [0.15, 0.2) is 64.4 Å². The van der Waals surface area contributed by atoms with Crippen molar-refractivity contribution in [3.8, 4) is 0 Å². The normalized spacial score (nSPS) is 13.3. The zero-order valence-corrected chi connectivity index (χ0v) is 9.93. The van der Waals surface area contributed by atoms with Crippen molar-refractivity contribution in [2.24, 2.45) is 0 Å². The number of hydrogen-bond acceptors (Lipinski definition) is 0. The molecule has 0 aliphatic rings. The van der Waals surface area contributed by atoms with E-state index in [0.717, 1.165) is 12.1 Å². The first-order chi connectivity index (χ1) is 8.48. The Hall–Kier alpha value is -1.49. The molecule has 0 amide bonds. The Balaban J connectivity index is 2.47. The third-order valence-corrected chi connectivity index (χ3v) is 4.21. The molecular weight excluding hydrogens is 264 g/mol. The second kappa shape index (κ2) is 5.02. The molecule has 1 atom stereocenters. The Bertz CT molecular complexity index is 505. The summed E-state index contributed by atoms with van der Waals surface area (Å²) >= 11 is 0. The summed E-state index contributed by atoms with van der Waals surface area (Å²) in [6.45, 7) is 0. The average molecular weight is 273 g/mol. The molecule has 0 saturated carbocycles.